The van der Waals surface area contributed by atoms with Gasteiger partial charge in [-0.1, -0.05) is 24.3 Å². The van der Waals surface area contributed by atoms with Crippen molar-refractivity contribution in [3.63, 3.8) is 0 Å². The lowest BCUT2D eigenvalue weighted by molar-refractivity contribution is -0.383. The van der Waals surface area contributed by atoms with E-state index in [-0.39, 0.29) is 35.3 Å². The molecule has 2 aromatic carbocycles. The summed E-state index contributed by atoms with van der Waals surface area (Å²) in [6.07, 6.45) is 1.24. The number of hydrogen-bond donors (Lipinski definition) is 1. The minimum atomic E-state index is -0.549. The summed E-state index contributed by atoms with van der Waals surface area (Å²) in [5.74, 6) is -0.741. The zero-order chi connectivity index (χ0) is 24.1. The normalized spacial score (nSPS) is 13.5. The van der Waals surface area contributed by atoms with Crippen LogP contribution in [0.4, 0.5) is 33.1 Å². The van der Waals surface area contributed by atoms with E-state index in [1.54, 1.807) is 54.3 Å². The monoisotopic (exact) mass is 466 g/mol. The summed E-state index contributed by atoms with van der Waals surface area (Å²) >= 11 is 0. The lowest BCUT2D eigenvalue weighted by Crippen LogP contribution is -2.47. The number of halogens is 1. The van der Waals surface area contributed by atoms with Crippen LogP contribution in [-0.2, 0) is 4.74 Å². The van der Waals surface area contributed by atoms with Gasteiger partial charge in [-0.25, -0.2) is 19.2 Å². The van der Waals surface area contributed by atoms with Crippen molar-refractivity contribution in [3.8, 4) is 0 Å². The number of hydrogen-bond acceptors (Lipinski definition) is 9. The van der Waals surface area contributed by atoms with Crippen LogP contribution in [0.15, 0.2) is 54.9 Å². The molecule has 0 bridgehead atoms. The van der Waals surface area contributed by atoms with Gasteiger partial charge in [0.15, 0.2) is 0 Å². The Morgan fingerprint density at radius 2 is 1.76 bits per heavy atom. The van der Waals surface area contributed by atoms with Gasteiger partial charge in [0.05, 0.1) is 28.5 Å². The van der Waals surface area contributed by atoms with Crippen molar-refractivity contribution in [3.05, 3.63) is 76.4 Å². The minimum Gasteiger partial charge on any atom is -0.462 e. The Hall–Kier alpha value is -4.28. The van der Waals surface area contributed by atoms with Gasteiger partial charge in [-0.3, -0.25) is 10.1 Å². The molecular weight excluding hydrogens is 443 g/mol. The van der Waals surface area contributed by atoms with Gasteiger partial charge in [0.1, 0.15) is 12.1 Å². The van der Waals surface area contributed by atoms with Crippen molar-refractivity contribution in [2.24, 2.45) is 0 Å². The minimum absolute atomic E-state index is 0.0386. The first-order valence-corrected chi connectivity index (χ1v) is 10.8. The number of carbonyl (C=O) groups excluding carboxylic acids is 1. The molecule has 2 heterocycles. The fourth-order valence-corrected chi connectivity index (χ4v) is 3.83. The summed E-state index contributed by atoms with van der Waals surface area (Å²) in [5.41, 5.74) is 0.758. The maximum atomic E-state index is 14.2. The number of para-hydroxylation sites is 2. The molecule has 0 unspecified atom stereocenters. The fraction of sp³-hybridized carbons (Fsp3) is 0.261. The maximum Gasteiger partial charge on any atom is 0.353 e. The predicted molar refractivity (Wildman–Crippen MR) is 125 cm³/mol. The summed E-state index contributed by atoms with van der Waals surface area (Å²) in [5, 5.41) is 14.9. The molecule has 1 saturated heterocycles. The Kier molecular flexibility index (Phi) is 6.81. The second-order valence-electron chi connectivity index (χ2n) is 7.47. The summed E-state index contributed by atoms with van der Waals surface area (Å²) < 4.78 is 19.2. The van der Waals surface area contributed by atoms with Crippen molar-refractivity contribution in [1.29, 1.82) is 0 Å². The predicted octanol–water partition coefficient (Wildman–Crippen LogP) is 3.77. The van der Waals surface area contributed by atoms with Gasteiger partial charge in [0.25, 0.3) is 0 Å². The van der Waals surface area contributed by atoms with Gasteiger partial charge in [-0.15, -0.1) is 0 Å². The smallest absolute Gasteiger partial charge is 0.353 e. The van der Waals surface area contributed by atoms with Crippen molar-refractivity contribution in [1.82, 2.24) is 9.97 Å². The van der Waals surface area contributed by atoms with Gasteiger partial charge in [-0.2, -0.15) is 0 Å². The second-order valence-corrected chi connectivity index (χ2v) is 7.47. The van der Waals surface area contributed by atoms with Gasteiger partial charge in [0.2, 0.25) is 11.6 Å². The molecule has 3 aromatic rings. The van der Waals surface area contributed by atoms with Gasteiger partial charge < -0.3 is 19.9 Å². The first kappa shape index (κ1) is 22.9. The third-order valence-electron chi connectivity index (χ3n) is 5.43. The quantitative estimate of drug-likeness (QED) is 0.316. The number of piperazine rings is 1. The number of nitrogens with zero attached hydrogens (tertiary/aromatic N) is 5. The van der Waals surface area contributed by atoms with Crippen LogP contribution in [0.1, 0.15) is 17.3 Å². The molecule has 1 fully saturated rings. The molecule has 1 N–H and O–H groups in total. The highest BCUT2D eigenvalue weighted by Gasteiger charge is 2.30. The number of carbonyl (C=O) groups is 1. The van der Waals surface area contributed by atoms with Gasteiger partial charge in [0, 0.05) is 26.2 Å². The molecule has 176 valence electrons. The van der Waals surface area contributed by atoms with E-state index in [9.17, 15) is 19.3 Å². The summed E-state index contributed by atoms with van der Waals surface area (Å²) in [4.78, 5) is 35.7. The van der Waals surface area contributed by atoms with Crippen LogP contribution in [0, 0.1) is 15.9 Å². The Morgan fingerprint density at radius 3 is 2.47 bits per heavy atom. The summed E-state index contributed by atoms with van der Waals surface area (Å²) in [6.45, 7) is 3.65. The number of esters is 1. The van der Waals surface area contributed by atoms with Crippen LogP contribution < -0.4 is 15.1 Å². The van der Waals surface area contributed by atoms with E-state index in [1.165, 1.54) is 12.4 Å². The highest BCUT2D eigenvalue weighted by Crippen LogP contribution is 2.35. The average Bonchev–Trinajstić information content (AvgIpc) is 2.85. The SMILES string of the molecule is CCOC(=O)c1ccccc1Nc1ncnc(N2CCN(c3ccccc3F)CC2)c1[N+](=O)[O-]. The zero-order valence-corrected chi connectivity index (χ0v) is 18.5. The Morgan fingerprint density at radius 1 is 1.09 bits per heavy atom. The summed E-state index contributed by atoms with van der Waals surface area (Å²) in [7, 11) is 0. The van der Waals surface area contributed by atoms with E-state index >= 15 is 0 Å². The number of rotatable bonds is 7. The van der Waals surface area contributed by atoms with Crippen molar-refractivity contribution < 1.29 is 18.8 Å². The van der Waals surface area contributed by atoms with Gasteiger partial charge >= 0.3 is 11.7 Å². The molecule has 0 radical (unpaired) electrons. The number of benzene rings is 2. The third-order valence-corrected chi connectivity index (χ3v) is 5.43. The molecule has 0 spiro atoms. The molecule has 0 amide bonds. The molecule has 11 heteroatoms. The van der Waals surface area contributed by atoms with Crippen molar-refractivity contribution in [2.75, 3.05) is 47.9 Å². The van der Waals surface area contributed by atoms with E-state index in [2.05, 4.69) is 15.3 Å². The Balaban J connectivity index is 1.59. The van der Waals surface area contributed by atoms with Crippen LogP contribution in [0.25, 0.3) is 0 Å². The number of aromatic nitrogens is 2. The van der Waals surface area contributed by atoms with E-state index in [0.29, 0.717) is 37.6 Å². The molecular formula is C23H23FN6O4. The lowest BCUT2D eigenvalue weighted by Gasteiger charge is -2.36. The molecule has 1 aromatic heterocycles. The Labute approximate surface area is 195 Å². The number of anilines is 4. The first-order valence-electron chi connectivity index (χ1n) is 10.8. The van der Waals surface area contributed by atoms with Crippen molar-refractivity contribution in [2.45, 2.75) is 6.92 Å². The average molecular weight is 466 g/mol. The van der Waals surface area contributed by atoms with E-state index in [1.807, 2.05) is 4.90 Å². The number of nitrogens with one attached hydrogen (secondary N) is 1. The molecule has 0 atom stereocenters. The fourth-order valence-electron chi connectivity index (χ4n) is 3.83. The van der Waals surface area contributed by atoms with E-state index in [0.717, 1.165) is 0 Å². The zero-order valence-electron chi connectivity index (χ0n) is 18.5. The van der Waals surface area contributed by atoms with Crippen molar-refractivity contribution >= 4 is 34.7 Å². The molecule has 4 rings (SSSR count). The maximum absolute atomic E-state index is 14.2. The topological polar surface area (TPSA) is 114 Å². The highest BCUT2D eigenvalue weighted by atomic mass is 19.1. The van der Waals surface area contributed by atoms with Crippen LogP contribution in [-0.4, -0.2) is 53.6 Å². The highest BCUT2D eigenvalue weighted by molar-refractivity contribution is 5.96. The largest absolute Gasteiger partial charge is 0.462 e. The molecule has 34 heavy (non-hydrogen) atoms. The van der Waals surface area contributed by atoms with Crippen LogP contribution >= 0.6 is 0 Å². The molecule has 1 aliphatic heterocycles. The molecule has 10 nitrogen and oxygen atoms in total. The van der Waals surface area contributed by atoms with E-state index in [4.69, 9.17) is 4.74 Å². The van der Waals surface area contributed by atoms with Crippen LogP contribution in [0.5, 0.6) is 0 Å². The van der Waals surface area contributed by atoms with Crippen LogP contribution in [0.2, 0.25) is 0 Å². The van der Waals surface area contributed by atoms with Crippen LogP contribution in [0.3, 0.4) is 0 Å². The standard InChI is InChI=1S/C23H23FN6O4/c1-2-34-23(31)16-7-3-5-9-18(16)27-21-20(30(32)33)22(26-15-25-21)29-13-11-28(12-14-29)19-10-6-4-8-17(19)24/h3-10,15H,2,11-14H2,1H3,(H,25,26,27). The number of ether oxygens (including phenoxy) is 1. The molecule has 0 saturated carbocycles. The Bertz CT molecular complexity index is 1200. The van der Waals surface area contributed by atoms with E-state index < -0.39 is 10.9 Å². The molecule has 0 aliphatic carbocycles. The second kappa shape index (κ2) is 10.1. The molecule has 1 aliphatic rings. The van der Waals surface area contributed by atoms with Gasteiger partial charge in [-0.05, 0) is 31.2 Å². The number of nitro groups is 1. The lowest BCUT2D eigenvalue weighted by atomic mass is 10.1. The summed E-state index contributed by atoms with van der Waals surface area (Å²) in [6, 6.07) is 13.1. The first-order chi connectivity index (χ1) is 16.5. The third kappa shape index (κ3) is 4.72.